The highest BCUT2D eigenvalue weighted by Gasteiger charge is 2.26. The smallest absolute Gasteiger partial charge is 0.238 e. The van der Waals surface area contributed by atoms with E-state index in [1.807, 2.05) is 91.0 Å². The summed E-state index contributed by atoms with van der Waals surface area (Å²) < 4.78 is 23.7. The lowest BCUT2D eigenvalue weighted by atomic mass is 9.90. The van der Waals surface area contributed by atoms with Crippen LogP contribution in [0.25, 0.3) is 165 Å². The van der Waals surface area contributed by atoms with Crippen LogP contribution in [0.5, 0.6) is 0 Å². The van der Waals surface area contributed by atoms with Gasteiger partial charge in [0.05, 0.1) is 45.5 Å². The zero-order chi connectivity index (χ0) is 79.0. The van der Waals surface area contributed by atoms with Gasteiger partial charge in [-0.15, -0.1) is 11.3 Å². The van der Waals surface area contributed by atoms with E-state index in [2.05, 4.69) is 346 Å². The molecule has 0 atom stereocenters. The molecule has 0 fully saturated rings. The number of nitrogens with zero attached hydrogens (tertiary/aromatic N) is 11. The number of thiophene rings is 1. The third-order valence-corrected chi connectivity index (χ3v) is 23.9. The molecule has 0 spiro atoms. The first-order valence-electron chi connectivity index (χ1n) is 39.4. The van der Waals surface area contributed by atoms with E-state index in [1.54, 1.807) is 11.3 Å². The first kappa shape index (κ1) is 71.6. The van der Waals surface area contributed by atoms with Crippen molar-refractivity contribution in [1.82, 2.24) is 41.6 Å². The molecule has 11 nitrogen and oxygen atoms in total. The molecule has 0 unspecified atom stereocenters. The van der Waals surface area contributed by atoms with Crippen molar-refractivity contribution >= 4 is 156 Å². The molecule has 6 heterocycles. The zero-order valence-corrected chi connectivity index (χ0v) is 66.4. The van der Waals surface area contributed by atoms with Gasteiger partial charge in [-0.1, -0.05) is 297 Å². The van der Waals surface area contributed by atoms with Gasteiger partial charge in [-0.05, 0) is 159 Å². The average Bonchev–Trinajstić information content (AvgIpc) is 1.62. The monoisotopic (exact) mass is 1580 g/mol. The van der Waals surface area contributed by atoms with E-state index >= 15 is 0 Å². The number of benzene rings is 17. The van der Waals surface area contributed by atoms with Gasteiger partial charge in [0.25, 0.3) is 0 Å². The van der Waals surface area contributed by atoms with E-state index in [-0.39, 0.29) is 0 Å². The molecule has 0 aliphatic carbocycles. The number of hydrogen-bond donors (Lipinski definition) is 0. The molecule has 0 aliphatic heterocycles. The number of para-hydroxylation sites is 7. The summed E-state index contributed by atoms with van der Waals surface area (Å²) in [4.78, 5) is 20.9. The summed E-state index contributed by atoms with van der Waals surface area (Å²) in [5.74, 6) is 1.87. The van der Waals surface area contributed by atoms with Crippen molar-refractivity contribution in [2.24, 2.45) is 0 Å². The van der Waals surface area contributed by atoms with Crippen LogP contribution in [-0.4, -0.2) is 41.6 Å². The second-order valence-electron chi connectivity index (χ2n) is 28.9. The van der Waals surface area contributed by atoms with Gasteiger partial charge < -0.3 is 14.4 Å². The molecular formula is C105H69N11S3. The quantitative estimate of drug-likeness (QED) is 0.105. The van der Waals surface area contributed by atoms with Gasteiger partial charge in [0.1, 0.15) is 22.1 Å². The molecule has 23 aromatic rings. The summed E-state index contributed by atoms with van der Waals surface area (Å²) in [6, 6.07) is 144. The van der Waals surface area contributed by atoms with Crippen molar-refractivity contribution in [2.45, 2.75) is 0 Å². The molecule has 119 heavy (non-hydrogen) atoms. The van der Waals surface area contributed by atoms with Gasteiger partial charge in [0.15, 0.2) is 11.6 Å². The Labute approximate surface area is 698 Å². The lowest BCUT2D eigenvalue weighted by Crippen LogP contribution is -2.09. The Balaban J connectivity index is 0.000000111. The topological polar surface area (TPSA) is 107 Å². The second kappa shape index (κ2) is 31.5. The van der Waals surface area contributed by atoms with Crippen LogP contribution >= 0.6 is 34.8 Å². The molecule has 0 N–H and O–H groups in total. The van der Waals surface area contributed by atoms with E-state index in [0.29, 0.717) is 17.6 Å². The molecular weight excluding hydrogens is 1510 g/mol. The molecule has 0 saturated heterocycles. The van der Waals surface area contributed by atoms with Crippen molar-refractivity contribution in [2.75, 3.05) is 9.80 Å². The fourth-order valence-electron chi connectivity index (χ4n) is 16.7. The fraction of sp³-hybridized carbons (Fsp3) is 0. The Morgan fingerprint density at radius 1 is 0.218 bits per heavy atom. The predicted octanol–water partition coefficient (Wildman–Crippen LogP) is 28.8. The van der Waals surface area contributed by atoms with Crippen LogP contribution < -0.4 is 9.80 Å². The summed E-state index contributed by atoms with van der Waals surface area (Å²) in [6.07, 6.45) is 0. The number of hydrogen-bond acceptors (Lipinski definition) is 12. The number of fused-ring (bicyclic) bond motifs is 10. The van der Waals surface area contributed by atoms with Gasteiger partial charge in [0, 0.05) is 99.6 Å². The first-order chi connectivity index (χ1) is 59.1. The highest BCUT2D eigenvalue weighted by molar-refractivity contribution is 7.13. The molecule has 0 amide bonds. The van der Waals surface area contributed by atoms with Crippen molar-refractivity contribution in [3.05, 3.63) is 418 Å². The first-order valence-corrected chi connectivity index (χ1v) is 41.8. The van der Waals surface area contributed by atoms with Crippen LogP contribution in [0.4, 0.5) is 34.1 Å². The van der Waals surface area contributed by atoms with Crippen molar-refractivity contribution in [1.29, 1.82) is 0 Å². The van der Waals surface area contributed by atoms with E-state index in [4.69, 9.17) is 32.4 Å². The summed E-state index contributed by atoms with van der Waals surface area (Å²) in [5.41, 5.74) is 25.9. The van der Waals surface area contributed by atoms with Crippen LogP contribution in [0.2, 0.25) is 0 Å². The SMILES string of the molecule is c1ccc(-c2c3ccccc3c(-c3ccc(N(c4ccccc4)c4ccccc4)cc3)c3nsnc23)cc1.c1ccc(-c2nc(-c3ccccc3)nc(-n3c4ccccc4c4cc5c6ccccc6n(-c6ccccc6)c5cc43)n2)cc1.c1ccc(N(c2ccccc2)c2ccc(-c3c4ccccc4c(-c4cccs4)c4nsnc34)cc2)cc1. The van der Waals surface area contributed by atoms with Crippen molar-refractivity contribution < 1.29 is 0 Å². The van der Waals surface area contributed by atoms with Crippen LogP contribution in [0, 0.1) is 0 Å². The van der Waals surface area contributed by atoms with Crippen molar-refractivity contribution in [3.8, 4) is 78.2 Å². The Hall–Kier alpha value is -15.2. The average molecular weight is 1580 g/mol. The maximum atomic E-state index is 5.11. The van der Waals surface area contributed by atoms with Crippen LogP contribution in [0.15, 0.2) is 418 Å². The Bertz CT molecular complexity index is 7430. The van der Waals surface area contributed by atoms with Gasteiger partial charge in [0.2, 0.25) is 5.95 Å². The molecule has 6 aromatic heterocycles. The summed E-state index contributed by atoms with van der Waals surface area (Å²) in [5, 5.41) is 11.6. The van der Waals surface area contributed by atoms with Crippen LogP contribution in [0.1, 0.15) is 0 Å². The normalized spacial score (nSPS) is 11.4. The number of aromatic nitrogens is 9. The summed E-state index contributed by atoms with van der Waals surface area (Å²) in [7, 11) is 0. The lowest BCUT2D eigenvalue weighted by Gasteiger charge is -2.25. The van der Waals surface area contributed by atoms with E-state index in [9.17, 15) is 0 Å². The van der Waals surface area contributed by atoms with Gasteiger partial charge >= 0.3 is 0 Å². The summed E-state index contributed by atoms with van der Waals surface area (Å²) >= 11 is 4.30. The Morgan fingerprint density at radius 2 is 0.529 bits per heavy atom. The molecule has 562 valence electrons. The van der Waals surface area contributed by atoms with Crippen LogP contribution in [-0.2, 0) is 0 Å². The number of anilines is 6. The molecule has 17 aromatic carbocycles. The highest BCUT2D eigenvalue weighted by Crippen LogP contribution is 2.48. The van der Waals surface area contributed by atoms with E-state index < -0.39 is 0 Å². The van der Waals surface area contributed by atoms with E-state index in [0.717, 1.165) is 134 Å². The zero-order valence-electron chi connectivity index (χ0n) is 64.0. The maximum Gasteiger partial charge on any atom is 0.238 e. The van der Waals surface area contributed by atoms with Crippen molar-refractivity contribution in [3.63, 3.8) is 0 Å². The molecule has 0 saturated carbocycles. The molecule has 0 radical (unpaired) electrons. The maximum absolute atomic E-state index is 5.11. The fourth-order valence-corrected chi connectivity index (χ4v) is 18.6. The molecule has 14 heteroatoms. The second-order valence-corrected chi connectivity index (χ2v) is 30.9. The van der Waals surface area contributed by atoms with E-state index in [1.165, 1.54) is 71.7 Å². The van der Waals surface area contributed by atoms with Crippen LogP contribution in [0.3, 0.4) is 0 Å². The number of rotatable bonds is 14. The third-order valence-electron chi connectivity index (χ3n) is 21.9. The summed E-state index contributed by atoms with van der Waals surface area (Å²) in [6.45, 7) is 0. The van der Waals surface area contributed by atoms with Gasteiger partial charge in [-0.3, -0.25) is 4.57 Å². The standard InChI is InChI=1S/C39H25N5.C34H23N3S.C32H21N3S2/c1-4-14-26(15-5-1)37-40-38(27-16-6-2-7-17-27)42-39(41-37)44-34-23-13-11-21-30(34)32-24-31-29-20-10-12-22-33(29)43(35(31)25-36(32)44)28-18-8-3-9-19-28;1-4-12-24(13-5-1)31-29-18-10-11-19-30(29)32(34-33(31)35-38-36-34)25-20-22-28(23-21-25)37(26-14-6-2-7-15-26)27-16-8-3-9-17-27;1-3-10-23(11-4-1)35(24-12-5-2-6-13-24)25-19-17-22(18-20-25)29-26-14-7-8-15-27(26)30(28-16-9-21-36-28)32-31(29)33-37-34-32/h1-25H;1-23H;1-21H. The molecule has 23 rings (SSSR count). The van der Waals surface area contributed by atoms with Gasteiger partial charge in [-0.2, -0.15) is 27.5 Å². The third kappa shape index (κ3) is 13.3. The minimum absolute atomic E-state index is 0.589. The molecule has 0 bridgehead atoms. The highest BCUT2D eigenvalue weighted by atomic mass is 32.1. The minimum Gasteiger partial charge on any atom is -0.311 e. The molecule has 0 aliphatic rings. The van der Waals surface area contributed by atoms with Gasteiger partial charge in [-0.25, -0.2) is 4.98 Å². The largest absolute Gasteiger partial charge is 0.311 e. The predicted molar refractivity (Wildman–Crippen MR) is 498 cm³/mol. The Morgan fingerprint density at radius 3 is 0.924 bits per heavy atom. The lowest BCUT2D eigenvalue weighted by molar-refractivity contribution is 0.953. The minimum atomic E-state index is 0.589. The Kier molecular flexibility index (Phi) is 19.0.